The third-order valence-electron chi connectivity index (χ3n) is 4.45. The van der Waals surface area contributed by atoms with E-state index >= 15 is 0 Å². The highest BCUT2D eigenvalue weighted by Gasteiger charge is 2.28. The number of carbonyl (C=O) groups excluding carboxylic acids is 1. The first-order valence-corrected chi connectivity index (χ1v) is 11.0. The molecule has 146 valence electrons. The molecule has 7 heteroatoms. The van der Waals surface area contributed by atoms with Crippen LogP contribution in [-0.4, -0.2) is 26.6 Å². The summed E-state index contributed by atoms with van der Waals surface area (Å²) in [6, 6.07) is 19.4. The fourth-order valence-electron chi connectivity index (χ4n) is 3.08. The molecule has 28 heavy (non-hydrogen) atoms. The lowest BCUT2D eigenvalue weighted by molar-refractivity contribution is -0.122. The van der Waals surface area contributed by atoms with Crippen molar-refractivity contribution in [3.05, 3.63) is 77.3 Å². The van der Waals surface area contributed by atoms with Crippen LogP contribution >= 0.6 is 11.6 Å². The lowest BCUT2D eigenvalue weighted by atomic mass is 10.1. The average molecular weight is 417 g/mol. The van der Waals surface area contributed by atoms with Gasteiger partial charge in [-0.05, 0) is 53.6 Å². The fourth-order valence-corrected chi connectivity index (χ4v) is 4.38. The van der Waals surface area contributed by atoms with Gasteiger partial charge in [0.1, 0.15) is 6.04 Å². The minimum absolute atomic E-state index is 0.312. The Morgan fingerprint density at radius 2 is 1.68 bits per heavy atom. The molecule has 0 aromatic heterocycles. The molecule has 1 N–H and O–H groups in total. The van der Waals surface area contributed by atoms with E-state index < -0.39 is 16.1 Å². The highest BCUT2D eigenvalue weighted by molar-refractivity contribution is 7.92. The van der Waals surface area contributed by atoms with Crippen molar-refractivity contribution in [2.75, 3.05) is 10.6 Å². The van der Waals surface area contributed by atoms with E-state index in [2.05, 4.69) is 5.32 Å². The van der Waals surface area contributed by atoms with Crippen LogP contribution in [-0.2, 0) is 21.4 Å². The van der Waals surface area contributed by atoms with E-state index in [1.807, 2.05) is 42.5 Å². The second-order valence-electron chi connectivity index (χ2n) is 6.61. The summed E-state index contributed by atoms with van der Waals surface area (Å²) in [6.45, 7) is 1.87. The largest absolute Gasteiger partial charge is 0.350 e. The van der Waals surface area contributed by atoms with Crippen LogP contribution in [0.25, 0.3) is 10.8 Å². The first-order valence-electron chi connectivity index (χ1n) is 8.76. The van der Waals surface area contributed by atoms with Crippen molar-refractivity contribution in [2.24, 2.45) is 0 Å². The highest BCUT2D eigenvalue weighted by atomic mass is 35.5. The third kappa shape index (κ3) is 4.64. The minimum atomic E-state index is -3.66. The van der Waals surface area contributed by atoms with E-state index in [-0.39, 0.29) is 5.91 Å². The molecule has 0 saturated carbocycles. The van der Waals surface area contributed by atoms with Crippen LogP contribution in [0.2, 0.25) is 5.02 Å². The van der Waals surface area contributed by atoms with Crippen molar-refractivity contribution in [1.29, 1.82) is 0 Å². The van der Waals surface area contributed by atoms with Gasteiger partial charge in [-0.1, -0.05) is 48.0 Å². The van der Waals surface area contributed by atoms with Crippen LogP contribution in [0.5, 0.6) is 0 Å². The standard InChI is InChI=1S/C21H21ClN2O3S/c1-15(24(28(2,26)27)20-11-9-19(22)10-12-20)21(25)23-14-16-7-8-17-5-3-4-6-18(17)13-16/h3-13,15H,14H2,1-2H3,(H,23,25)/t15-/m0/s1. The SMILES string of the molecule is C[C@@H](C(=O)NCc1ccc2ccccc2c1)N(c1ccc(Cl)cc1)S(C)(=O)=O. The summed E-state index contributed by atoms with van der Waals surface area (Å²) in [7, 11) is -3.66. The number of amides is 1. The predicted molar refractivity (Wildman–Crippen MR) is 114 cm³/mol. The Morgan fingerprint density at radius 3 is 2.32 bits per heavy atom. The topological polar surface area (TPSA) is 66.5 Å². The number of nitrogens with zero attached hydrogens (tertiary/aromatic N) is 1. The van der Waals surface area contributed by atoms with E-state index in [1.54, 1.807) is 31.2 Å². The molecule has 3 rings (SSSR count). The molecule has 0 spiro atoms. The Labute approximate surface area is 170 Å². The molecule has 0 aliphatic heterocycles. The fraction of sp³-hybridized carbons (Fsp3) is 0.190. The molecule has 0 aliphatic carbocycles. The van der Waals surface area contributed by atoms with Gasteiger partial charge in [-0.3, -0.25) is 9.10 Å². The summed E-state index contributed by atoms with van der Waals surface area (Å²) >= 11 is 5.88. The number of fused-ring (bicyclic) bond motifs is 1. The van der Waals surface area contributed by atoms with Gasteiger partial charge in [0.15, 0.2) is 0 Å². The first-order chi connectivity index (χ1) is 13.3. The summed E-state index contributed by atoms with van der Waals surface area (Å²) in [5, 5.41) is 5.52. The van der Waals surface area contributed by atoms with E-state index in [9.17, 15) is 13.2 Å². The zero-order valence-corrected chi connectivity index (χ0v) is 17.2. The number of sulfonamides is 1. The molecule has 3 aromatic rings. The predicted octanol–water partition coefficient (Wildman–Crippen LogP) is 3.96. The molecule has 3 aromatic carbocycles. The quantitative estimate of drug-likeness (QED) is 0.661. The van der Waals surface area contributed by atoms with Gasteiger partial charge in [0.2, 0.25) is 15.9 Å². The zero-order valence-electron chi connectivity index (χ0n) is 15.6. The number of hydrogen-bond donors (Lipinski definition) is 1. The Bertz CT molecular complexity index is 1100. The van der Waals surface area contributed by atoms with Crippen LogP contribution < -0.4 is 9.62 Å². The Balaban J connectivity index is 1.76. The van der Waals surface area contributed by atoms with Gasteiger partial charge >= 0.3 is 0 Å². The molecule has 1 atom stereocenters. The van der Waals surface area contributed by atoms with Crippen LogP contribution in [0.4, 0.5) is 5.69 Å². The monoisotopic (exact) mass is 416 g/mol. The van der Waals surface area contributed by atoms with Crippen molar-refractivity contribution in [2.45, 2.75) is 19.5 Å². The Hall–Kier alpha value is -2.57. The number of benzene rings is 3. The lowest BCUT2D eigenvalue weighted by Gasteiger charge is -2.28. The molecule has 0 bridgehead atoms. The van der Waals surface area contributed by atoms with Crippen molar-refractivity contribution in [1.82, 2.24) is 5.32 Å². The summed E-state index contributed by atoms with van der Waals surface area (Å²) < 4.78 is 25.7. The van der Waals surface area contributed by atoms with Crippen molar-refractivity contribution < 1.29 is 13.2 Å². The van der Waals surface area contributed by atoms with E-state index in [1.165, 1.54) is 0 Å². The molecular formula is C21H21ClN2O3S. The average Bonchev–Trinajstić information content (AvgIpc) is 2.66. The summed E-state index contributed by atoms with van der Waals surface area (Å²) in [6.07, 6.45) is 1.08. The third-order valence-corrected chi connectivity index (χ3v) is 5.94. The molecule has 0 unspecified atom stereocenters. The smallest absolute Gasteiger partial charge is 0.243 e. The molecule has 5 nitrogen and oxygen atoms in total. The summed E-state index contributed by atoms with van der Waals surface area (Å²) in [5.74, 6) is -0.381. The Morgan fingerprint density at radius 1 is 1.04 bits per heavy atom. The molecule has 0 fully saturated rings. The van der Waals surface area contributed by atoms with Crippen LogP contribution in [0, 0.1) is 0 Å². The van der Waals surface area contributed by atoms with E-state index in [0.717, 1.165) is 26.9 Å². The van der Waals surface area contributed by atoms with Crippen LogP contribution in [0.3, 0.4) is 0 Å². The van der Waals surface area contributed by atoms with Gasteiger partial charge in [0.25, 0.3) is 0 Å². The number of rotatable bonds is 6. The van der Waals surface area contributed by atoms with Crippen LogP contribution in [0.1, 0.15) is 12.5 Å². The first kappa shape index (κ1) is 20.2. The molecule has 0 radical (unpaired) electrons. The minimum Gasteiger partial charge on any atom is -0.350 e. The second kappa shape index (κ2) is 8.20. The molecule has 0 saturated heterocycles. The van der Waals surface area contributed by atoms with E-state index in [0.29, 0.717) is 17.3 Å². The highest BCUT2D eigenvalue weighted by Crippen LogP contribution is 2.23. The normalized spacial score (nSPS) is 12.5. The number of halogens is 1. The van der Waals surface area contributed by atoms with Gasteiger partial charge in [0, 0.05) is 11.6 Å². The summed E-state index contributed by atoms with van der Waals surface area (Å²) in [4.78, 5) is 12.7. The maximum absolute atomic E-state index is 12.7. The molecule has 0 aliphatic rings. The maximum atomic E-state index is 12.7. The maximum Gasteiger partial charge on any atom is 0.243 e. The molecule has 0 heterocycles. The summed E-state index contributed by atoms with van der Waals surface area (Å²) in [5.41, 5.74) is 1.33. The number of carbonyl (C=O) groups is 1. The number of anilines is 1. The van der Waals surface area contributed by atoms with Gasteiger partial charge in [-0.25, -0.2) is 8.42 Å². The van der Waals surface area contributed by atoms with E-state index in [4.69, 9.17) is 11.6 Å². The van der Waals surface area contributed by atoms with Gasteiger partial charge in [0.05, 0.1) is 11.9 Å². The number of hydrogen-bond acceptors (Lipinski definition) is 3. The molecular weight excluding hydrogens is 396 g/mol. The van der Waals surface area contributed by atoms with Gasteiger partial charge < -0.3 is 5.32 Å². The zero-order chi connectivity index (χ0) is 20.3. The van der Waals surface area contributed by atoms with Gasteiger partial charge in [-0.2, -0.15) is 0 Å². The molecule has 1 amide bonds. The van der Waals surface area contributed by atoms with Crippen molar-refractivity contribution >= 4 is 44.0 Å². The second-order valence-corrected chi connectivity index (χ2v) is 8.91. The van der Waals surface area contributed by atoms with Crippen molar-refractivity contribution in [3.63, 3.8) is 0 Å². The van der Waals surface area contributed by atoms with Crippen LogP contribution in [0.15, 0.2) is 66.7 Å². The Kier molecular flexibility index (Phi) is 5.91. The number of nitrogens with one attached hydrogen (secondary N) is 1. The van der Waals surface area contributed by atoms with Crippen molar-refractivity contribution in [3.8, 4) is 0 Å². The van der Waals surface area contributed by atoms with Gasteiger partial charge in [-0.15, -0.1) is 0 Å². The lowest BCUT2D eigenvalue weighted by Crippen LogP contribution is -2.47.